The van der Waals surface area contributed by atoms with Crippen LogP contribution in [0, 0.1) is 13.8 Å². The number of ether oxygens (including phenoxy) is 1. The molecule has 0 radical (unpaired) electrons. The number of hydrogen-bond donors (Lipinski definition) is 1. The van der Waals surface area contributed by atoms with Gasteiger partial charge >= 0.3 is 6.09 Å². The average Bonchev–Trinajstić information content (AvgIpc) is 3.07. The number of sulfone groups is 1. The fourth-order valence-electron chi connectivity index (χ4n) is 3.59. The fourth-order valence-corrected chi connectivity index (χ4v) is 7.52. The summed E-state index contributed by atoms with van der Waals surface area (Å²) in [6, 6.07) is 5.60. The monoisotopic (exact) mass is 467 g/mol. The summed E-state index contributed by atoms with van der Waals surface area (Å²) in [7, 11) is -3.12. The van der Waals surface area contributed by atoms with Crippen LogP contribution in [-0.4, -0.2) is 60.5 Å². The molecule has 2 saturated heterocycles. The molecule has 0 aromatic heterocycles. The van der Waals surface area contributed by atoms with Crippen molar-refractivity contribution in [3.63, 3.8) is 0 Å². The number of anilines is 1. The Morgan fingerprint density at radius 3 is 2.65 bits per heavy atom. The summed E-state index contributed by atoms with van der Waals surface area (Å²) in [5, 5.41) is 2.91. The zero-order valence-electron chi connectivity index (χ0n) is 18.5. The number of carbonyl (C=O) groups is 2. The lowest BCUT2D eigenvalue weighted by molar-refractivity contribution is -0.117. The summed E-state index contributed by atoms with van der Waals surface area (Å²) in [6.45, 7) is 9.38. The lowest BCUT2D eigenvalue weighted by Crippen LogP contribution is -2.38. The van der Waals surface area contributed by atoms with E-state index in [-0.39, 0.29) is 41.7 Å². The van der Waals surface area contributed by atoms with Gasteiger partial charge in [-0.2, -0.15) is 4.99 Å². The van der Waals surface area contributed by atoms with Crippen molar-refractivity contribution in [2.45, 2.75) is 57.9 Å². The molecule has 31 heavy (non-hydrogen) atoms. The maximum atomic E-state index is 12.5. The fraction of sp³-hybridized carbons (Fsp3) is 0.571. The van der Waals surface area contributed by atoms with Crippen molar-refractivity contribution in [1.29, 1.82) is 0 Å². The summed E-state index contributed by atoms with van der Waals surface area (Å²) < 4.78 is 29.6. The zero-order valence-corrected chi connectivity index (χ0v) is 20.1. The van der Waals surface area contributed by atoms with Crippen LogP contribution in [0.2, 0.25) is 0 Å². The Kier molecular flexibility index (Phi) is 6.71. The standard InChI is InChI=1S/C21H29N3O5S2/c1-13-7-6-8-15(14(13)2)24-16-11-31(27,28)12-17(16)30-19(24)23-18(25)9-10-22-20(26)29-21(3,4)5/h6-8,16-17H,9-12H2,1-5H3,(H,22,26)/t16-,17-/m0/s1. The third-order valence-corrected chi connectivity index (χ3v) is 8.34. The van der Waals surface area contributed by atoms with Gasteiger partial charge in [-0.05, 0) is 51.8 Å². The highest BCUT2D eigenvalue weighted by Crippen LogP contribution is 2.42. The Balaban J connectivity index is 1.76. The first kappa shape index (κ1) is 23.6. The molecule has 0 aliphatic carbocycles. The number of thioether (sulfide) groups is 1. The predicted molar refractivity (Wildman–Crippen MR) is 124 cm³/mol. The number of hydrogen-bond acceptors (Lipinski definition) is 6. The number of benzene rings is 1. The van der Waals surface area contributed by atoms with E-state index in [0.29, 0.717) is 5.17 Å². The van der Waals surface area contributed by atoms with Crippen LogP contribution < -0.4 is 10.2 Å². The number of amides is 2. The second-order valence-corrected chi connectivity index (χ2v) is 12.2. The molecule has 2 fully saturated rings. The maximum absolute atomic E-state index is 12.5. The minimum absolute atomic E-state index is 0.0254. The molecule has 1 aromatic rings. The van der Waals surface area contributed by atoms with Crippen molar-refractivity contribution < 1.29 is 22.7 Å². The van der Waals surface area contributed by atoms with Crippen molar-refractivity contribution in [3.05, 3.63) is 29.3 Å². The normalized spacial score (nSPS) is 23.6. The Bertz CT molecular complexity index is 1010. The van der Waals surface area contributed by atoms with Crippen LogP contribution in [0.1, 0.15) is 38.3 Å². The van der Waals surface area contributed by atoms with Gasteiger partial charge in [0.05, 0.1) is 17.5 Å². The first-order valence-electron chi connectivity index (χ1n) is 10.2. The van der Waals surface area contributed by atoms with Gasteiger partial charge in [0, 0.05) is 23.9 Å². The molecule has 1 aromatic carbocycles. The highest BCUT2D eigenvalue weighted by Gasteiger charge is 2.49. The van der Waals surface area contributed by atoms with E-state index in [1.54, 1.807) is 20.8 Å². The molecule has 2 aliphatic rings. The third kappa shape index (κ3) is 5.79. The number of carbonyl (C=O) groups excluding carboxylic acids is 2. The molecular weight excluding hydrogens is 438 g/mol. The molecule has 10 heteroatoms. The molecule has 2 heterocycles. The number of aryl methyl sites for hydroxylation is 1. The number of rotatable bonds is 4. The van der Waals surface area contributed by atoms with Gasteiger partial charge in [0.1, 0.15) is 5.60 Å². The predicted octanol–water partition coefficient (Wildman–Crippen LogP) is 2.82. The average molecular weight is 468 g/mol. The van der Waals surface area contributed by atoms with E-state index in [2.05, 4.69) is 10.3 Å². The topological polar surface area (TPSA) is 105 Å². The molecule has 1 N–H and O–H groups in total. The highest BCUT2D eigenvalue weighted by molar-refractivity contribution is 8.16. The summed E-state index contributed by atoms with van der Waals surface area (Å²) in [4.78, 5) is 30.4. The van der Waals surface area contributed by atoms with Crippen LogP contribution in [0.3, 0.4) is 0 Å². The number of nitrogens with zero attached hydrogens (tertiary/aromatic N) is 2. The number of nitrogens with one attached hydrogen (secondary N) is 1. The SMILES string of the molecule is Cc1cccc(N2C(=NC(=O)CCNC(=O)OC(C)(C)C)S[C@H]3CS(=O)(=O)C[C@@H]32)c1C. The van der Waals surface area contributed by atoms with Gasteiger partial charge in [-0.15, -0.1) is 0 Å². The minimum Gasteiger partial charge on any atom is -0.444 e. The lowest BCUT2D eigenvalue weighted by atomic mass is 10.1. The largest absolute Gasteiger partial charge is 0.444 e. The maximum Gasteiger partial charge on any atom is 0.407 e. The first-order valence-corrected chi connectivity index (χ1v) is 12.9. The Morgan fingerprint density at radius 2 is 1.97 bits per heavy atom. The summed E-state index contributed by atoms with van der Waals surface area (Å²) in [5.41, 5.74) is 2.37. The van der Waals surface area contributed by atoms with Crippen LogP contribution >= 0.6 is 11.8 Å². The quantitative estimate of drug-likeness (QED) is 0.726. The first-order chi connectivity index (χ1) is 14.4. The van der Waals surface area contributed by atoms with Gasteiger partial charge in [0.2, 0.25) is 5.91 Å². The van der Waals surface area contributed by atoms with Crippen LogP contribution in [0.15, 0.2) is 23.2 Å². The van der Waals surface area contributed by atoms with Crippen LogP contribution in [-0.2, 0) is 19.4 Å². The molecule has 0 saturated carbocycles. The molecular formula is C21H29N3O5S2. The molecule has 170 valence electrons. The van der Waals surface area contributed by atoms with E-state index in [9.17, 15) is 18.0 Å². The van der Waals surface area contributed by atoms with Crippen LogP contribution in [0.5, 0.6) is 0 Å². The van der Waals surface area contributed by atoms with E-state index >= 15 is 0 Å². The van der Waals surface area contributed by atoms with E-state index in [1.807, 2.05) is 36.9 Å². The highest BCUT2D eigenvalue weighted by atomic mass is 32.2. The molecule has 0 spiro atoms. The van der Waals surface area contributed by atoms with Gasteiger partial charge in [0.15, 0.2) is 15.0 Å². The summed E-state index contributed by atoms with van der Waals surface area (Å²) in [6.07, 6.45) is -0.558. The van der Waals surface area contributed by atoms with Gasteiger partial charge < -0.3 is 15.0 Å². The third-order valence-electron chi connectivity index (χ3n) is 5.13. The second kappa shape index (κ2) is 8.82. The molecule has 0 bridgehead atoms. The number of fused-ring (bicyclic) bond motifs is 1. The molecule has 3 rings (SSSR count). The summed E-state index contributed by atoms with van der Waals surface area (Å²) in [5.74, 6) is -0.251. The molecule has 2 atom stereocenters. The Hall–Kier alpha value is -2.07. The van der Waals surface area contributed by atoms with Crippen molar-refractivity contribution in [2.24, 2.45) is 4.99 Å². The number of alkyl carbamates (subject to hydrolysis) is 1. The summed E-state index contributed by atoms with van der Waals surface area (Å²) >= 11 is 1.34. The van der Waals surface area contributed by atoms with Crippen LogP contribution in [0.4, 0.5) is 10.5 Å². The molecule has 8 nitrogen and oxygen atoms in total. The number of amidine groups is 1. The van der Waals surface area contributed by atoms with Gasteiger partial charge in [-0.1, -0.05) is 23.9 Å². The second-order valence-electron chi connectivity index (χ2n) is 8.86. The van der Waals surface area contributed by atoms with E-state index < -0.39 is 21.5 Å². The van der Waals surface area contributed by atoms with Gasteiger partial charge in [0.25, 0.3) is 0 Å². The number of aliphatic imine (C=N–C) groups is 1. The van der Waals surface area contributed by atoms with E-state index in [0.717, 1.165) is 16.8 Å². The van der Waals surface area contributed by atoms with E-state index in [1.165, 1.54) is 11.8 Å². The Morgan fingerprint density at radius 1 is 1.26 bits per heavy atom. The lowest BCUT2D eigenvalue weighted by Gasteiger charge is -2.26. The van der Waals surface area contributed by atoms with Crippen molar-refractivity contribution in [2.75, 3.05) is 23.0 Å². The Labute approximate surface area is 187 Å². The molecule has 2 aliphatic heterocycles. The zero-order chi connectivity index (χ0) is 23.0. The van der Waals surface area contributed by atoms with Gasteiger partial charge in [-0.25, -0.2) is 13.2 Å². The van der Waals surface area contributed by atoms with Gasteiger partial charge in [-0.3, -0.25) is 4.79 Å². The van der Waals surface area contributed by atoms with Crippen molar-refractivity contribution in [3.8, 4) is 0 Å². The molecule has 2 amide bonds. The van der Waals surface area contributed by atoms with E-state index in [4.69, 9.17) is 4.74 Å². The molecule has 0 unspecified atom stereocenters. The minimum atomic E-state index is -3.12. The van der Waals surface area contributed by atoms with Crippen LogP contribution in [0.25, 0.3) is 0 Å². The van der Waals surface area contributed by atoms with Crippen molar-refractivity contribution in [1.82, 2.24) is 5.32 Å². The van der Waals surface area contributed by atoms with Crippen molar-refractivity contribution >= 4 is 44.5 Å². The smallest absolute Gasteiger partial charge is 0.407 e.